The number of carbonyl (C=O) groups excluding carboxylic acids is 1. The normalized spacial score (nSPS) is 11.5. The van der Waals surface area contributed by atoms with Crippen molar-refractivity contribution in [3.8, 4) is 5.75 Å². The number of nitrogens with one attached hydrogen (secondary N) is 1. The highest BCUT2D eigenvalue weighted by atomic mass is 79.9. The van der Waals surface area contributed by atoms with Crippen molar-refractivity contribution in [1.29, 1.82) is 0 Å². The number of benzene rings is 2. The number of carbonyl (C=O) groups is 1. The second kappa shape index (κ2) is 8.86. The lowest BCUT2D eigenvalue weighted by Gasteiger charge is -2.19. The Hall–Kier alpha value is -1.90. The molecule has 0 aliphatic carbocycles. The summed E-state index contributed by atoms with van der Waals surface area (Å²) >= 11 is 3.42. The van der Waals surface area contributed by atoms with Gasteiger partial charge in [-0.05, 0) is 48.9 Å². The second-order valence-corrected chi connectivity index (χ2v) is 8.66. The van der Waals surface area contributed by atoms with E-state index in [1.54, 1.807) is 19.9 Å². The van der Waals surface area contributed by atoms with E-state index in [-0.39, 0.29) is 10.5 Å². The molecule has 1 N–H and O–H groups in total. The molecule has 0 saturated heterocycles. The van der Waals surface area contributed by atoms with Crippen LogP contribution in [0.25, 0.3) is 0 Å². The number of nitrogens with zero attached hydrogens (tertiary/aromatic N) is 1. The zero-order chi connectivity index (χ0) is 20.2. The topological polar surface area (TPSA) is 75.7 Å². The summed E-state index contributed by atoms with van der Waals surface area (Å²) in [5.41, 5.74) is 1.74. The van der Waals surface area contributed by atoms with Gasteiger partial charge in [-0.3, -0.25) is 4.79 Å². The molecule has 0 atom stereocenters. The van der Waals surface area contributed by atoms with E-state index in [0.717, 1.165) is 10.0 Å². The molecule has 0 aromatic heterocycles. The molecular weight excluding hydrogens is 432 g/mol. The number of anilines is 1. The summed E-state index contributed by atoms with van der Waals surface area (Å²) in [7, 11) is -2.24. The van der Waals surface area contributed by atoms with Gasteiger partial charge in [0.2, 0.25) is 10.0 Å². The molecule has 146 valence electrons. The predicted molar refractivity (Wildman–Crippen MR) is 110 cm³/mol. The predicted octanol–water partition coefficient (Wildman–Crippen LogP) is 4.05. The Bertz CT molecular complexity index is 941. The molecule has 2 rings (SSSR count). The average molecular weight is 455 g/mol. The van der Waals surface area contributed by atoms with Crippen molar-refractivity contribution in [3.05, 3.63) is 52.0 Å². The molecule has 27 heavy (non-hydrogen) atoms. The number of amides is 1. The summed E-state index contributed by atoms with van der Waals surface area (Å²) in [6.07, 6.45) is 0. The van der Waals surface area contributed by atoms with Crippen LogP contribution in [-0.4, -0.2) is 38.8 Å². The minimum atomic E-state index is -3.68. The van der Waals surface area contributed by atoms with E-state index in [1.807, 2.05) is 19.1 Å². The monoisotopic (exact) mass is 454 g/mol. The summed E-state index contributed by atoms with van der Waals surface area (Å²) in [5, 5.41) is 2.79. The molecule has 2 aromatic carbocycles. The van der Waals surface area contributed by atoms with Crippen molar-refractivity contribution in [2.24, 2.45) is 0 Å². The summed E-state index contributed by atoms with van der Waals surface area (Å²) < 4.78 is 33.0. The molecule has 0 unspecified atom stereocenters. The van der Waals surface area contributed by atoms with Gasteiger partial charge in [-0.2, -0.15) is 4.31 Å². The standard InChI is InChI=1S/C19H23BrN2O4S/c1-5-22(6-2)27(24,25)15-8-10-18(26-4)16(12-15)19(23)21-14-7-9-17(20)13(3)11-14/h7-12H,5-6H2,1-4H3,(H,21,23). The van der Waals surface area contributed by atoms with E-state index in [4.69, 9.17) is 4.74 Å². The van der Waals surface area contributed by atoms with Crippen LogP contribution in [0.1, 0.15) is 29.8 Å². The van der Waals surface area contributed by atoms with Crippen molar-refractivity contribution in [2.75, 3.05) is 25.5 Å². The van der Waals surface area contributed by atoms with Crippen molar-refractivity contribution in [3.63, 3.8) is 0 Å². The van der Waals surface area contributed by atoms with Gasteiger partial charge in [0.25, 0.3) is 5.91 Å². The minimum absolute atomic E-state index is 0.0594. The van der Waals surface area contributed by atoms with Crippen LogP contribution < -0.4 is 10.1 Å². The Balaban J connectivity index is 2.42. The lowest BCUT2D eigenvalue weighted by atomic mass is 10.1. The molecule has 0 heterocycles. The van der Waals surface area contributed by atoms with Crippen LogP contribution >= 0.6 is 15.9 Å². The fourth-order valence-electron chi connectivity index (χ4n) is 2.66. The number of methoxy groups -OCH3 is 1. The molecule has 8 heteroatoms. The summed E-state index contributed by atoms with van der Waals surface area (Å²) in [6, 6.07) is 9.73. The molecule has 0 saturated carbocycles. The molecule has 0 bridgehead atoms. The number of aryl methyl sites for hydroxylation is 1. The van der Waals surface area contributed by atoms with Crippen LogP contribution in [0.2, 0.25) is 0 Å². The van der Waals surface area contributed by atoms with Gasteiger partial charge in [0.15, 0.2) is 0 Å². The number of hydrogen-bond donors (Lipinski definition) is 1. The molecular formula is C19H23BrN2O4S. The number of hydrogen-bond acceptors (Lipinski definition) is 4. The smallest absolute Gasteiger partial charge is 0.259 e. The Kier molecular flexibility index (Phi) is 7.02. The number of sulfonamides is 1. The zero-order valence-electron chi connectivity index (χ0n) is 15.7. The Morgan fingerprint density at radius 2 is 1.81 bits per heavy atom. The SMILES string of the molecule is CCN(CC)S(=O)(=O)c1ccc(OC)c(C(=O)Nc2ccc(Br)c(C)c2)c1. The molecule has 6 nitrogen and oxygen atoms in total. The largest absolute Gasteiger partial charge is 0.496 e. The van der Waals surface area contributed by atoms with Gasteiger partial charge in [-0.25, -0.2) is 8.42 Å². The van der Waals surface area contributed by atoms with Crippen LogP contribution in [0.4, 0.5) is 5.69 Å². The van der Waals surface area contributed by atoms with Crippen LogP contribution in [0.5, 0.6) is 5.75 Å². The van der Waals surface area contributed by atoms with Gasteiger partial charge in [0, 0.05) is 23.2 Å². The van der Waals surface area contributed by atoms with E-state index >= 15 is 0 Å². The highest BCUT2D eigenvalue weighted by Gasteiger charge is 2.24. The Morgan fingerprint density at radius 3 is 2.37 bits per heavy atom. The van der Waals surface area contributed by atoms with Crippen LogP contribution in [-0.2, 0) is 10.0 Å². The number of halogens is 1. The molecule has 0 spiro atoms. The van der Waals surface area contributed by atoms with Crippen LogP contribution in [0, 0.1) is 6.92 Å². The first-order valence-electron chi connectivity index (χ1n) is 8.50. The lowest BCUT2D eigenvalue weighted by molar-refractivity contribution is 0.102. The van der Waals surface area contributed by atoms with Gasteiger partial charge in [0.1, 0.15) is 5.75 Å². The second-order valence-electron chi connectivity index (χ2n) is 5.87. The highest BCUT2D eigenvalue weighted by Crippen LogP contribution is 2.26. The number of ether oxygens (including phenoxy) is 1. The minimum Gasteiger partial charge on any atom is -0.496 e. The summed E-state index contributed by atoms with van der Waals surface area (Å²) in [4.78, 5) is 12.8. The lowest BCUT2D eigenvalue weighted by Crippen LogP contribution is -2.30. The van der Waals surface area contributed by atoms with Gasteiger partial charge in [0.05, 0.1) is 17.6 Å². The third kappa shape index (κ3) is 4.69. The number of rotatable bonds is 7. The summed E-state index contributed by atoms with van der Waals surface area (Å²) in [6.45, 7) is 6.16. The summed E-state index contributed by atoms with van der Waals surface area (Å²) in [5.74, 6) is -0.134. The Morgan fingerprint density at radius 1 is 1.15 bits per heavy atom. The molecule has 0 radical (unpaired) electrons. The zero-order valence-corrected chi connectivity index (χ0v) is 18.1. The van der Waals surface area contributed by atoms with Crippen LogP contribution in [0.15, 0.2) is 45.8 Å². The first-order valence-corrected chi connectivity index (χ1v) is 10.7. The third-order valence-electron chi connectivity index (χ3n) is 4.17. The van der Waals surface area contributed by atoms with Crippen molar-refractivity contribution in [1.82, 2.24) is 4.31 Å². The maximum Gasteiger partial charge on any atom is 0.259 e. The van der Waals surface area contributed by atoms with E-state index < -0.39 is 15.9 Å². The van der Waals surface area contributed by atoms with Crippen molar-refractivity contribution in [2.45, 2.75) is 25.7 Å². The van der Waals surface area contributed by atoms with Gasteiger partial charge in [-0.15, -0.1) is 0 Å². The first kappa shape index (κ1) is 21.4. The molecule has 0 fully saturated rings. The molecule has 1 amide bonds. The van der Waals surface area contributed by atoms with Crippen molar-refractivity contribution < 1.29 is 17.9 Å². The van der Waals surface area contributed by atoms with E-state index in [9.17, 15) is 13.2 Å². The average Bonchev–Trinajstić information content (AvgIpc) is 2.64. The van der Waals surface area contributed by atoms with E-state index in [2.05, 4.69) is 21.2 Å². The third-order valence-corrected chi connectivity index (χ3v) is 7.11. The van der Waals surface area contributed by atoms with Gasteiger partial charge in [-0.1, -0.05) is 29.8 Å². The van der Waals surface area contributed by atoms with E-state index in [0.29, 0.717) is 24.5 Å². The quantitative estimate of drug-likeness (QED) is 0.684. The molecule has 2 aromatic rings. The maximum atomic E-state index is 12.8. The fraction of sp³-hybridized carbons (Fsp3) is 0.316. The van der Waals surface area contributed by atoms with Gasteiger partial charge >= 0.3 is 0 Å². The highest BCUT2D eigenvalue weighted by molar-refractivity contribution is 9.10. The van der Waals surface area contributed by atoms with E-state index in [1.165, 1.54) is 29.6 Å². The fourth-order valence-corrected chi connectivity index (χ4v) is 4.39. The maximum absolute atomic E-state index is 12.8. The Labute approximate surface area is 168 Å². The van der Waals surface area contributed by atoms with Crippen LogP contribution in [0.3, 0.4) is 0 Å². The van der Waals surface area contributed by atoms with Gasteiger partial charge < -0.3 is 10.1 Å². The molecule has 0 aliphatic rings. The first-order chi connectivity index (χ1) is 12.7. The molecule has 0 aliphatic heterocycles. The van der Waals surface area contributed by atoms with Crippen molar-refractivity contribution >= 4 is 37.5 Å².